The van der Waals surface area contributed by atoms with Crippen LogP contribution in [-0.4, -0.2) is 83.2 Å². The molecule has 10 nitrogen and oxygen atoms in total. The molecule has 3 aromatic rings. The molecule has 0 spiro atoms. The van der Waals surface area contributed by atoms with Crippen LogP contribution in [0.5, 0.6) is 5.75 Å². The fourth-order valence-electron chi connectivity index (χ4n) is 4.95. The summed E-state index contributed by atoms with van der Waals surface area (Å²) in [5.41, 5.74) is 1.77. The monoisotopic (exact) mass is 493 g/mol. The largest absolute Gasteiger partial charge is 0.492 e. The molecule has 36 heavy (non-hydrogen) atoms. The summed E-state index contributed by atoms with van der Waals surface area (Å²) >= 11 is 0. The number of likely N-dealkylation sites (N-methyl/N-ethyl adjacent to an activating group) is 1. The lowest BCUT2D eigenvalue weighted by Gasteiger charge is -2.32. The van der Waals surface area contributed by atoms with Crippen molar-refractivity contribution >= 4 is 17.4 Å². The van der Waals surface area contributed by atoms with E-state index in [1.165, 1.54) is 0 Å². The van der Waals surface area contributed by atoms with Gasteiger partial charge in [0.2, 0.25) is 5.91 Å². The number of benzene rings is 1. The number of nitrogens with one attached hydrogen (secondary N) is 1. The van der Waals surface area contributed by atoms with Crippen LogP contribution in [0.25, 0.3) is 5.65 Å². The molecule has 2 fully saturated rings. The Morgan fingerprint density at radius 3 is 2.83 bits per heavy atom. The van der Waals surface area contributed by atoms with E-state index in [4.69, 9.17) is 9.47 Å². The van der Waals surface area contributed by atoms with Gasteiger partial charge in [-0.3, -0.25) is 9.69 Å². The standard InChI is InChI=1S/C26H35N7O3/c1-31(22-9-14-35-15-10-22)13-16-36-23-4-2-3-20(17-23)18-27-26(34)21-7-11-32(12-8-21)25-6-5-24-29-28-19-33(24)30-25/h2-6,17,19,21-22H,7-16,18H2,1H3,(H,27,34). The summed E-state index contributed by atoms with van der Waals surface area (Å²) in [7, 11) is 2.15. The van der Waals surface area contributed by atoms with Crippen LogP contribution in [-0.2, 0) is 16.1 Å². The van der Waals surface area contributed by atoms with Crippen molar-refractivity contribution in [2.75, 3.05) is 51.4 Å². The fourth-order valence-corrected chi connectivity index (χ4v) is 4.95. The molecule has 2 aliphatic rings. The van der Waals surface area contributed by atoms with Gasteiger partial charge in [0.1, 0.15) is 24.5 Å². The van der Waals surface area contributed by atoms with Crippen LogP contribution in [0.15, 0.2) is 42.7 Å². The van der Waals surface area contributed by atoms with Crippen LogP contribution in [0.4, 0.5) is 5.82 Å². The number of aromatic nitrogens is 4. The summed E-state index contributed by atoms with van der Waals surface area (Å²) in [6, 6.07) is 12.4. The average Bonchev–Trinajstić information content (AvgIpc) is 3.41. The van der Waals surface area contributed by atoms with Gasteiger partial charge in [0.15, 0.2) is 5.65 Å². The maximum absolute atomic E-state index is 12.8. The minimum atomic E-state index is 0.0139. The van der Waals surface area contributed by atoms with Crippen LogP contribution in [0.3, 0.4) is 0 Å². The number of anilines is 1. The number of fused-ring (bicyclic) bond motifs is 1. The molecule has 0 aliphatic carbocycles. The fraction of sp³-hybridized carbons (Fsp3) is 0.538. The number of hydrogen-bond acceptors (Lipinski definition) is 8. The van der Waals surface area contributed by atoms with E-state index >= 15 is 0 Å². The molecule has 4 heterocycles. The molecule has 0 bridgehead atoms. The molecule has 1 amide bonds. The van der Waals surface area contributed by atoms with Crippen LogP contribution >= 0.6 is 0 Å². The van der Waals surface area contributed by atoms with Crippen LogP contribution in [0.1, 0.15) is 31.2 Å². The summed E-state index contributed by atoms with van der Waals surface area (Å²) in [6.07, 6.45) is 5.38. The highest BCUT2D eigenvalue weighted by molar-refractivity contribution is 5.79. The highest BCUT2D eigenvalue weighted by Crippen LogP contribution is 2.22. The molecule has 0 unspecified atom stereocenters. The molecule has 1 aromatic carbocycles. The second-order valence-electron chi connectivity index (χ2n) is 9.62. The molecular weight excluding hydrogens is 458 g/mol. The second-order valence-corrected chi connectivity index (χ2v) is 9.62. The summed E-state index contributed by atoms with van der Waals surface area (Å²) in [5, 5.41) is 15.6. The number of piperidine rings is 1. The van der Waals surface area contributed by atoms with Gasteiger partial charge in [0.05, 0.1) is 0 Å². The second kappa shape index (κ2) is 11.7. The third-order valence-electron chi connectivity index (χ3n) is 7.23. The predicted molar refractivity (Wildman–Crippen MR) is 136 cm³/mol. The van der Waals surface area contributed by atoms with E-state index in [-0.39, 0.29) is 11.8 Å². The number of hydrogen-bond donors (Lipinski definition) is 1. The molecule has 10 heteroatoms. The predicted octanol–water partition coefficient (Wildman–Crippen LogP) is 2.15. The first kappa shape index (κ1) is 24.5. The van der Waals surface area contributed by atoms with Crippen molar-refractivity contribution in [1.29, 1.82) is 0 Å². The number of nitrogens with zero attached hydrogens (tertiary/aromatic N) is 6. The third-order valence-corrected chi connectivity index (χ3v) is 7.23. The summed E-state index contributed by atoms with van der Waals surface area (Å²) < 4.78 is 13.1. The Kier molecular flexibility index (Phi) is 7.92. The van der Waals surface area contributed by atoms with Gasteiger partial charge in [-0.25, -0.2) is 0 Å². The van der Waals surface area contributed by atoms with Crippen molar-refractivity contribution in [1.82, 2.24) is 30.0 Å². The van der Waals surface area contributed by atoms with E-state index < -0.39 is 0 Å². The third kappa shape index (κ3) is 6.11. The van der Waals surface area contributed by atoms with Crippen molar-refractivity contribution in [3.05, 3.63) is 48.3 Å². The highest BCUT2D eigenvalue weighted by Gasteiger charge is 2.26. The molecule has 0 atom stereocenters. The first-order valence-corrected chi connectivity index (χ1v) is 12.9. The molecule has 2 aromatic heterocycles. The zero-order valence-electron chi connectivity index (χ0n) is 20.9. The summed E-state index contributed by atoms with van der Waals surface area (Å²) in [4.78, 5) is 17.4. The smallest absolute Gasteiger partial charge is 0.223 e. The van der Waals surface area contributed by atoms with E-state index in [0.29, 0.717) is 19.2 Å². The van der Waals surface area contributed by atoms with Gasteiger partial charge in [-0.05, 0) is 62.6 Å². The molecule has 192 valence electrons. The quantitative estimate of drug-likeness (QED) is 0.484. The maximum Gasteiger partial charge on any atom is 0.223 e. The maximum atomic E-state index is 12.8. The number of amides is 1. The topological polar surface area (TPSA) is 97.1 Å². The SMILES string of the molecule is CN(CCOc1cccc(CNC(=O)C2CCN(c3ccc4nncn4n3)CC2)c1)C1CCOCC1. The summed E-state index contributed by atoms with van der Waals surface area (Å²) in [5.74, 6) is 1.85. The Bertz CT molecular complexity index is 1140. The Morgan fingerprint density at radius 2 is 2.00 bits per heavy atom. The molecule has 0 saturated carbocycles. The van der Waals surface area contributed by atoms with Crippen molar-refractivity contribution in [3.8, 4) is 5.75 Å². The molecule has 1 N–H and O–H groups in total. The van der Waals surface area contributed by atoms with Gasteiger partial charge >= 0.3 is 0 Å². The Morgan fingerprint density at radius 1 is 1.17 bits per heavy atom. The number of carbonyl (C=O) groups excluding carboxylic acids is 1. The first-order chi connectivity index (χ1) is 17.7. The molecular formula is C26H35N7O3. The van der Waals surface area contributed by atoms with Gasteiger partial charge in [-0.1, -0.05) is 12.1 Å². The normalized spacial score (nSPS) is 17.6. The van der Waals surface area contributed by atoms with Gasteiger partial charge in [0.25, 0.3) is 0 Å². The van der Waals surface area contributed by atoms with Gasteiger partial charge in [0, 0.05) is 51.4 Å². The number of ether oxygens (including phenoxy) is 2. The minimum Gasteiger partial charge on any atom is -0.492 e. The number of carbonyl (C=O) groups is 1. The summed E-state index contributed by atoms with van der Waals surface area (Å²) in [6.45, 7) is 5.31. The molecule has 2 saturated heterocycles. The lowest BCUT2D eigenvalue weighted by Crippen LogP contribution is -2.40. The minimum absolute atomic E-state index is 0.0139. The van der Waals surface area contributed by atoms with Crippen LogP contribution in [0.2, 0.25) is 0 Å². The Balaban J connectivity index is 1.04. The Hall–Kier alpha value is -3.24. The highest BCUT2D eigenvalue weighted by atomic mass is 16.5. The zero-order valence-corrected chi connectivity index (χ0v) is 20.9. The molecule has 0 radical (unpaired) electrons. The average molecular weight is 494 g/mol. The molecule has 5 rings (SSSR count). The van der Waals surface area contributed by atoms with E-state index in [1.807, 2.05) is 36.4 Å². The van der Waals surface area contributed by atoms with E-state index in [0.717, 1.165) is 81.3 Å². The van der Waals surface area contributed by atoms with E-state index in [9.17, 15) is 4.79 Å². The van der Waals surface area contributed by atoms with Crippen molar-refractivity contribution < 1.29 is 14.3 Å². The zero-order chi connectivity index (χ0) is 24.7. The van der Waals surface area contributed by atoms with Gasteiger partial charge in [-0.2, -0.15) is 4.52 Å². The lowest BCUT2D eigenvalue weighted by atomic mass is 9.96. The number of rotatable bonds is 9. The van der Waals surface area contributed by atoms with E-state index in [1.54, 1.807) is 10.8 Å². The van der Waals surface area contributed by atoms with Crippen LogP contribution in [0, 0.1) is 5.92 Å². The Labute approximate surface area is 211 Å². The van der Waals surface area contributed by atoms with E-state index in [2.05, 4.69) is 37.5 Å². The van der Waals surface area contributed by atoms with Crippen LogP contribution < -0.4 is 15.0 Å². The van der Waals surface area contributed by atoms with Crippen molar-refractivity contribution in [2.24, 2.45) is 5.92 Å². The van der Waals surface area contributed by atoms with Gasteiger partial charge in [-0.15, -0.1) is 15.3 Å². The first-order valence-electron chi connectivity index (χ1n) is 12.9. The van der Waals surface area contributed by atoms with Gasteiger partial charge < -0.3 is 19.7 Å². The molecule has 2 aliphatic heterocycles. The lowest BCUT2D eigenvalue weighted by molar-refractivity contribution is -0.125. The van der Waals surface area contributed by atoms with Crippen molar-refractivity contribution in [2.45, 2.75) is 38.3 Å². The van der Waals surface area contributed by atoms with Crippen molar-refractivity contribution in [3.63, 3.8) is 0 Å².